The SMILES string of the molecule is Cc1ccc(-n2ncc(C(=O)NNC(=O)c3ccccc3Br)c2C(F)(F)F)cc1. The lowest BCUT2D eigenvalue weighted by atomic mass is 10.2. The summed E-state index contributed by atoms with van der Waals surface area (Å²) in [5, 5.41) is 3.72. The van der Waals surface area contributed by atoms with Gasteiger partial charge in [0, 0.05) is 4.47 Å². The molecular formula is C19H14BrF3N4O2. The summed E-state index contributed by atoms with van der Waals surface area (Å²) in [6.45, 7) is 1.80. The van der Waals surface area contributed by atoms with Crippen molar-refractivity contribution >= 4 is 27.7 Å². The fraction of sp³-hybridized carbons (Fsp3) is 0.105. The molecule has 1 heterocycles. The summed E-state index contributed by atoms with van der Waals surface area (Å²) in [4.78, 5) is 24.5. The van der Waals surface area contributed by atoms with Crippen LogP contribution in [0.5, 0.6) is 0 Å². The highest BCUT2D eigenvalue weighted by Gasteiger charge is 2.40. The van der Waals surface area contributed by atoms with Gasteiger partial charge in [0.2, 0.25) is 0 Å². The number of halogens is 4. The van der Waals surface area contributed by atoms with Gasteiger partial charge in [0.1, 0.15) is 0 Å². The molecule has 3 rings (SSSR count). The van der Waals surface area contributed by atoms with Crippen LogP contribution >= 0.6 is 15.9 Å². The van der Waals surface area contributed by atoms with Gasteiger partial charge in [-0.05, 0) is 47.1 Å². The van der Waals surface area contributed by atoms with Crippen molar-refractivity contribution in [3.63, 3.8) is 0 Å². The molecule has 0 unspecified atom stereocenters. The smallest absolute Gasteiger partial charge is 0.267 e. The molecule has 0 bridgehead atoms. The second-order valence-electron chi connectivity index (χ2n) is 6.04. The molecule has 0 radical (unpaired) electrons. The highest BCUT2D eigenvalue weighted by atomic mass is 79.9. The van der Waals surface area contributed by atoms with Gasteiger partial charge >= 0.3 is 6.18 Å². The maximum absolute atomic E-state index is 13.6. The van der Waals surface area contributed by atoms with E-state index in [0.29, 0.717) is 9.15 Å². The van der Waals surface area contributed by atoms with Crippen molar-refractivity contribution < 1.29 is 22.8 Å². The van der Waals surface area contributed by atoms with Crippen molar-refractivity contribution in [2.45, 2.75) is 13.1 Å². The molecule has 2 amide bonds. The van der Waals surface area contributed by atoms with Gasteiger partial charge in [-0.2, -0.15) is 18.3 Å². The van der Waals surface area contributed by atoms with E-state index in [1.54, 1.807) is 37.3 Å². The largest absolute Gasteiger partial charge is 0.434 e. The lowest BCUT2D eigenvalue weighted by molar-refractivity contribution is -0.143. The normalized spacial score (nSPS) is 11.2. The second-order valence-corrected chi connectivity index (χ2v) is 6.89. The van der Waals surface area contributed by atoms with Crippen molar-refractivity contribution in [3.05, 3.63) is 81.6 Å². The molecule has 0 fully saturated rings. The van der Waals surface area contributed by atoms with Crippen molar-refractivity contribution in [2.75, 3.05) is 0 Å². The van der Waals surface area contributed by atoms with E-state index in [2.05, 4.69) is 26.5 Å². The first-order valence-electron chi connectivity index (χ1n) is 8.26. The molecule has 3 aromatic rings. The number of aromatic nitrogens is 2. The van der Waals surface area contributed by atoms with Gasteiger partial charge in [0.05, 0.1) is 23.0 Å². The minimum atomic E-state index is -4.85. The number of hydrogen-bond donors (Lipinski definition) is 2. The predicted molar refractivity (Wildman–Crippen MR) is 102 cm³/mol. The first-order chi connectivity index (χ1) is 13.7. The summed E-state index contributed by atoms with van der Waals surface area (Å²) in [5.74, 6) is -1.83. The molecule has 10 heteroatoms. The molecule has 0 atom stereocenters. The Balaban J connectivity index is 1.86. The molecule has 6 nitrogen and oxygen atoms in total. The molecule has 2 aromatic carbocycles. The fourth-order valence-electron chi connectivity index (χ4n) is 2.56. The van der Waals surface area contributed by atoms with Crippen LogP contribution in [-0.4, -0.2) is 21.6 Å². The van der Waals surface area contributed by atoms with Crippen molar-refractivity contribution in [3.8, 4) is 5.69 Å². The van der Waals surface area contributed by atoms with Gasteiger partial charge < -0.3 is 0 Å². The van der Waals surface area contributed by atoms with E-state index in [1.165, 1.54) is 18.2 Å². The van der Waals surface area contributed by atoms with Crippen LogP contribution < -0.4 is 10.9 Å². The van der Waals surface area contributed by atoms with E-state index < -0.39 is 29.2 Å². The van der Waals surface area contributed by atoms with E-state index in [1.807, 2.05) is 5.43 Å². The van der Waals surface area contributed by atoms with Crippen LogP contribution in [0.15, 0.2) is 59.2 Å². The zero-order chi connectivity index (χ0) is 21.2. The van der Waals surface area contributed by atoms with Gasteiger partial charge in [0.15, 0.2) is 5.69 Å². The van der Waals surface area contributed by atoms with Gasteiger partial charge in [-0.1, -0.05) is 29.8 Å². The van der Waals surface area contributed by atoms with Crippen LogP contribution in [0.1, 0.15) is 32.0 Å². The number of carbonyl (C=O) groups excluding carboxylic acids is 2. The van der Waals surface area contributed by atoms with Crippen LogP contribution in [0.25, 0.3) is 5.69 Å². The molecule has 0 spiro atoms. The average molecular weight is 467 g/mol. The maximum atomic E-state index is 13.6. The van der Waals surface area contributed by atoms with Crippen molar-refractivity contribution in [2.24, 2.45) is 0 Å². The molecule has 0 saturated carbocycles. The van der Waals surface area contributed by atoms with E-state index in [9.17, 15) is 22.8 Å². The molecule has 0 aliphatic carbocycles. The number of nitrogens with zero attached hydrogens (tertiary/aromatic N) is 2. The number of nitrogens with one attached hydrogen (secondary N) is 2. The average Bonchev–Trinajstić information content (AvgIpc) is 3.12. The summed E-state index contributed by atoms with van der Waals surface area (Å²) >= 11 is 3.19. The summed E-state index contributed by atoms with van der Waals surface area (Å²) < 4.78 is 42.1. The molecule has 0 aliphatic heterocycles. The Hall–Kier alpha value is -3.14. The van der Waals surface area contributed by atoms with Crippen LogP contribution in [0.4, 0.5) is 13.2 Å². The molecule has 0 saturated heterocycles. The Labute approximate surface area is 171 Å². The molecular weight excluding hydrogens is 453 g/mol. The number of alkyl halides is 3. The highest BCUT2D eigenvalue weighted by molar-refractivity contribution is 9.10. The minimum Gasteiger partial charge on any atom is -0.267 e. The van der Waals surface area contributed by atoms with Crippen molar-refractivity contribution in [1.82, 2.24) is 20.6 Å². The van der Waals surface area contributed by atoms with Gasteiger partial charge in [-0.3, -0.25) is 20.4 Å². The number of benzene rings is 2. The summed E-state index contributed by atoms with van der Waals surface area (Å²) in [7, 11) is 0. The number of rotatable bonds is 3. The number of carbonyl (C=O) groups is 2. The molecule has 1 aromatic heterocycles. The van der Waals surface area contributed by atoms with Crippen LogP contribution in [0, 0.1) is 6.92 Å². The Bertz CT molecular complexity index is 1060. The highest BCUT2D eigenvalue weighted by Crippen LogP contribution is 2.33. The Kier molecular flexibility index (Phi) is 5.73. The monoisotopic (exact) mass is 466 g/mol. The molecule has 29 heavy (non-hydrogen) atoms. The van der Waals surface area contributed by atoms with Gasteiger partial charge in [-0.15, -0.1) is 0 Å². The molecule has 150 valence electrons. The third kappa shape index (κ3) is 4.48. The standard InChI is InChI=1S/C19H14BrF3N4O2/c1-11-6-8-12(9-7-11)27-16(19(21,22)23)14(10-24-27)18(29)26-25-17(28)13-4-2-3-5-15(13)20/h2-10H,1H3,(H,25,28)(H,26,29). The van der Waals surface area contributed by atoms with E-state index in [-0.39, 0.29) is 11.3 Å². The minimum absolute atomic E-state index is 0.152. The zero-order valence-electron chi connectivity index (χ0n) is 14.9. The van der Waals surface area contributed by atoms with Crippen LogP contribution in [-0.2, 0) is 6.18 Å². The van der Waals surface area contributed by atoms with E-state index in [4.69, 9.17) is 0 Å². The predicted octanol–water partition coefficient (Wildman–Crippen LogP) is 4.04. The topological polar surface area (TPSA) is 76.0 Å². The first-order valence-corrected chi connectivity index (χ1v) is 9.05. The van der Waals surface area contributed by atoms with Gasteiger partial charge in [-0.25, -0.2) is 4.68 Å². The lowest BCUT2D eigenvalue weighted by Crippen LogP contribution is -2.42. The Morgan fingerprint density at radius 2 is 1.55 bits per heavy atom. The fourth-order valence-corrected chi connectivity index (χ4v) is 3.03. The van der Waals surface area contributed by atoms with Gasteiger partial charge in [0.25, 0.3) is 11.8 Å². The van der Waals surface area contributed by atoms with Crippen LogP contribution in [0.3, 0.4) is 0 Å². The van der Waals surface area contributed by atoms with Crippen molar-refractivity contribution in [1.29, 1.82) is 0 Å². The summed E-state index contributed by atoms with van der Waals surface area (Å²) in [6, 6.07) is 12.6. The third-order valence-electron chi connectivity index (χ3n) is 3.97. The molecule has 0 aliphatic rings. The number of hydrazine groups is 1. The summed E-state index contributed by atoms with van der Waals surface area (Å²) in [5.41, 5.74) is 3.36. The second kappa shape index (κ2) is 8.08. The van der Waals surface area contributed by atoms with Crippen LogP contribution in [0.2, 0.25) is 0 Å². The first kappa shape index (κ1) is 20.6. The summed E-state index contributed by atoms with van der Waals surface area (Å²) in [6.07, 6.45) is -4.04. The van der Waals surface area contributed by atoms with E-state index >= 15 is 0 Å². The molecule has 2 N–H and O–H groups in total. The maximum Gasteiger partial charge on any atom is 0.434 e. The van der Waals surface area contributed by atoms with E-state index in [0.717, 1.165) is 11.8 Å². The number of hydrogen-bond acceptors (Lipinski definition) is 3. The third-order valence-corrected chi connectivity index (χ3v) is 4.66. The number of aryl methyl sites for hydroxylation is 1. The lowest BCUT2D eigenvalue weighted by Gasteiger charge is -2.13. The quantitative estimate of drug-likeness (QED) is 0.572. The Morgan fingerprint density at radius 3 is 2.14 bits per heavy atom. The zero-order valence-corrected chi connectivity index (χ0v) is 16.5. The number of amides is 2. The Morgan fingerprint density at radius 1 is 0.966 bits per heavy atom.